The first kappa shape index (κ1) is 20.9. The van der Waals surface area contributed by atoms with E-state index in [4.69, 9.17) is 8.92 Å². The first-order chi connectivity index (χ1) is 13.8. The van der Waals surface area contributed by atoms with Crippen molar-refractivity contribution in [1.29, 1.82) is 0 Å². The Balaban J connectivity index is 1.88. The molecule has 2 aromatic heterocycles. The Bertz CT molecular complexity index is 1070. The summed E-state index contributed by atoms with van der Waals surface area (Å²) in [5, 5.41) is 4.01. The topological polar surface area (TPSA) is 83.3 Å². The van der Waals surface area contributed by atoms with Crippen molar-refractivity contribution in [3.8, 4) is 22.8 Å². The highest BCUT2D eigenvalue weighted by atomic mass is 32.2. The average molecular weight is 423 g/mol. The van der Waals surface area contributed by atoms with Crippen LogP contribution in [0, 0.1) is 0 Å². The minimum Gasteiger partial charge on any atom is -0.481 e. The van der Waals surface area contributed by atoms with Gasteiger partial charge in [0.1, 0.15) is 5.69 Å². The van der Waals surface area contributed by atoms with Crippen LogP contribution in [0.5, 0.6) is 5.88 Å². The molecule has 0 aliphatic carbocycles. The predicted octanol–water partition coefficient (Wildman–Crippen LogP) is 3.40. The number of hydrogen-bond donors (Lipinski definition) is 0. The summed E-state index contributed by atoms with van der Waals surface area (Å²) in [5.74, 6) is 0.400. The van der Waals surface area contributed by atoms with E-state index in [1.54, 1.807) is 36.4 Å². The number of ether oxygens (including phenoxy) is 1. The van der Waals surface area contributed by atoms with E-state index < -0.39 is 16.5 Å². The Morgan fingerprint density at radius 1 is 1.14 bits per heavy atom. The van der Waals surface area contributed by atoms with Crippen molar-refractivity contribution in [2.24, 2.45) is 0 Å². The first-order valence-electron chi connectivity index (χ1n) is 8.59. The van der Waals surface area contributed by atoms with E-state index in [-0.39, 0.29) is 12.3 Å². The van der Waals surface area contributed by atoms with Gasteiger partial charge in [0.25, 0.3) is 16.5 Å². The fourth-order valence-corrected chi connectivity index (χ4v) is 3.07. The van der Waals surface area contributed by atoms with E-state index in [0.717, 1.165) is 11.8 Å². The van der Waals surface area contributed by atoms with Crippen LogP contribution in [0.3, 0.4) is 0 Å². The van der Waals surface area contributed by atoms with Crippen LogP contribution < -0.4 is 4.74 Å². The zero-order valence-electron chi connectivity index (χ0n) is 15.7. The lowest BCUT2D eigenvalue weighted by molar-refractivity contribution is 0.145. The highest BCUT2D eigenvalue weighted by Gasteiger charge is 2.18. The molecule has 3 aromatic rings. The molecule has 3 rings (SSSR count). The molecule has 1 aromatic carbocycles. The van der Waals surface area contributed by atoms with Crippen LogP contribution in [0.25, 0.3) is 16.9 Å². The molecule has 0 radical (unpaired) electrons. The summed E-state index contributed by atoms with van der Waals surface area (Å²) in [4.78, 5) is 4.10. The summed E-state index contributed by atoms with van der Waals surface area (Å²) in [5.41, 5.74) is 2.17. The molecule has 154 valence electrons. The third kappa shape index (κ3) is 5.36. The van der Waals surface area contributed by atoms with Crippen molar-refractivity contribution in [3.05, 3.63) is 59.9 Å². The minimum atomic E-state index is -3.49. The molecule has 0 spiro atoms. The Morgan fingerprint density at radius 3 is 2.41 bits per heavy atom. The fourth-order valence-electron chi connectivity index (χ4n) is 2.68. The highest BCUT2D eigenvalue weighted by molar-refractivity contribution is 7.85. The van der Waals surface area contributed by atoms with Crippen molar-refractivity contribution >= 4 is 10.1 Å². The number of aromatic nitrogens is 3. The maximum atomic E-state index is 13.2. The van der Waals surface area contributed by atoms with Crippen LogP contribution in [0.2, 0.25) is 0 Å². The third-order valence-corrected chi connectivity index (χ3v) is 4.66. The summed E-state index contributed by atoms with van der Waals surface area (Å²) in [6, 6.07) is 11.7. The molecule has 0 saturated heterocycles. The van der Waals surface area contributed by atoms with E-state index in [1.165, 1.54) is 24.1 Å². The second-order valence-corrected chi connectivity index (χ2v) is 7.84. The zero-order valence-corrected chi connectivity index (χ0v) is 16.6. The van der Waals surface area contributed by atoms with Gasteiger partial charge in [-0.3, -0.25) is 4.18 Å². The Morgan fingerprint density at radius 2 is 1.86 bits per heavy atom. The number of methoxy groups -OCH3 is 1. The molecule has 29 heavy (non-hydrogen) atoms. The van der Waals surface area contributed by atoms with Gasteiger partial charge in [0.2, 0.25) is 5.88 Å². The van der Waals surface area contributed by atoms with Crippen molar-refractivity contribution < 1.29 is 26.1 Å². The van der Waals surface area contributed by atoms with Crippen molar-refractivity contribution in [1.82, 2.24) is 14.8 Å². The standard InChI is InChI=1S/C19H19F2N3O4S/c1-27-18-8-7-15(12-22-18)24-17(11-16(23-24)19(20)21)14-5-3-13(4-6-14)9-10-28-29(2,25)26/h3-8,11-12,19H,9-10H2,1-2H3. The number of halogens is 2. The van der Waals surface area contributed by atoms with Crippen LogP contribution in [0.1, 0.15) is 17.7 Å². The number of nitrogens with zero attached hydrogens (tertiary/aromatic N) is 3. The van der Waals surface area contributed by atoms with Gasteiger partial charge in [-0.2, -0.15) is 13.5 Å². The number of rotatable bonds is 8. The lowest BCUT2D eigenvalue weighted by Crippen LogP contribution is -2.06. The third-order valence-electron chi connectivity index (χ3n) is 4.06. The van der Waals surface area contributed by atoms with Crippen molar-refractivity contribution in [2.75, 3.05) is 20.0 Å². The predicted molar refractivity (Wildman–Crippen MR) is 103 cm³/mol. The van der Waals surface area contributed by atoms with E-state index in [0.29, 0.717) is 29.2 Å². The van der Waals surface area contributed by atoms with Gasteiger partial charge in [0.15, 0.2) is 0 Å². The fraction of sp³-hybridized carbons (Fsp3) is 0.263. The number of benzene rings is 1. The molecule has 0 saturated carbocycles. The zero-order chi connectivity index (χ0) is 21.0. The summed E-state index contributed by atoms with van der Waals surface area (Å²) in [6.45, 7) is 0.0309. The number of hydrogen-bond acceptors (Lipinski definition) is 6. The van der Waals surface area contributed by atoms with Gasteiger partial charge in [-0.15, -0.1) is 0 Å². The molecule has 0 atom stereocenters. The number of pyridine rings is 1. The smallest absolute Gasteiger partial charge is 0.282 e. The lowest BCUT2D eigenvalue weighted by atomic mass is 10.1. The molecule has 7 nitrogen and oxygen atoms in total. The molecule has 0 unspecified atom stereocenters. The first-order valence-corrected chi connectivity index (χ1v) is 10.4. The Labute approximate surface area is 167 Å². The molecule has 10 heteroatoms. The quantitative estimate of drug-likeness (QED) is 0.517. The molecule has 0 N–H and O–H groups in total. The summed E-state index contributed by atoms with van der Waals surface area (Å²) >= 11 is 0. The van der Waals surface area contributed by atoms with Crippen LogP contribution in [0.4, 0.5) is 8.78 Å². The molecule has 0 fully saturated rings. The second kappa shape index (κ2) is 8.66. The van der Waals surface area contributed by atoms with E-state index in [2.05, 4.69) is 10.1 Å². The van der Waals surface area contributed by atoms with E-state index in [1.807, 2.05) is 0 Å². The van der Waals surface area contributed by atoms with Gasteiger partial charge in [0, 0.05) is 11.6 Å². The molecule has 0 aliphatic rings. The van der Waals surface area contributed by atoms with Crippen molar-refractivity contribution in [2.45, 2.75) is 12.8 Å². The second-order valence-electron chi connectivity index (χ2n) is 6.20. The van der Waals surface area contributed by atoms with Crippen LogP contribution in [0.15, 0.2) is 48.7 Å². The molecular weight excluding hydrogens is 404 g/mol. The van der Waals surface area contributed by atoms with Gasteiger partial charge in [-0.05, 0) is 24.1 Å². The summed E-state index contributed by atoms with van der Waals surface area (Å²) < 4.78 is 59.7. The largest absolute Gasteiger partial charge is 0.481 e. The molecule has 0 amide bonds. The van der Waals surface area contributed by atoms with Crippen LogP contribution in [-0.2, 0) is 20.7 Å². The monoisotopic (exact) mass is 423 g/mol. The summed E-state index contributed by atoms with van der Waals surface area (Å²) in [7, 11) is -2.00. The van der Waals surface area contributed by atoms with Gasteiger partial charge in [-0.25, -0.2) is 18.4 Å². The molecule has 0 aliphatic heterocycles. The lowest BCUT2D eigenvalue weighted by Gasteiger charge is -2.09. The van der Waals surface area contributed by atoms with Gasteiger partial charge < -0.3 is 4.74 Å². The van der Waals surface area contributed by atoms with E-state index in [9.17, 15) is 17.2 Å². The number of alkyl halides is 2. The van der Waals surface area contributed by atoms with Crippen LogP contribution >= 0.6 is 0 Å². The molecule has 0 bridgehead atoms. The van der Waals surface area contributed by atoms with Gasteiger partial charge in [-0.1, -0.05) is 24.3 Å². The van der Waals surface area contributed by atoms with Crippen LogP contribution in [-0.4, -0.2) is 43.2 Å². The van der Waals surface area contributed by atoms with E-state index >= 15 is 0 Å². The Kier molecular flexibility index (Phi) is 6.23. The SMILES string of the molecule is COc1ccc(-n2nc(C(F)F)cc2-c2ccc(CCOS(C)(=O)=O)cc2)cn1. The average Bonchev–Trinajstić information content (AvgIpc) is 3.13. The normalized spacial score (nSPS) is 11.8. The Hall–Kier alpha value is -2.85. The highest BCUT2D eigenvalue weighted by Crippen LogP contribution is 2.28. The van der Waals surface area contributed by atoms with Gasteiger partial charge in [0.05, 0.1) is 37.6 Å². The maximum Gasteiger partial charge on any atom is 0.282 e. The van der Waals surface area contributed by atoms with Crippen molar-refractivity contribution in [3.63, 3.8) is 0 Å². The summed E-state index contributed by atoms with van der Waals surface area (Å²) in [6.07, 6.45) is 0.165. The molecular formula is C19H19F2N3O4S. The minimum absolute atomic E-state index is 0.0309. The van der Waals surface area contributed by atoms with Gasteiger partial charge >= 0.3 is 0 Å². The maximum absolute atomic E-state index is 13.2. The molecule has 2 heterocycles.